The van der Waals surface area contributed by atoms with Gasteiger partial charge in [0.2, 0.25) is 11.8 Å². The molecule has 2 amide bonds. The van der Waals surface area contributed by atoms with Gasteiger partial charge in [-0.05, 0) is 41.8 Å². The summed E-state index contributed by atoms with van der Waals surface area (Å²) in [6, 6.07) is 14.8. The van der Waals surface area contributed by atoms with Crippen LogP contribution in [0.4, 0.5) is 5.69 Å². The summed E-state index contributed by atoms with van der Waals surface area (Å²) in [6.45, 7) is 0. The Balaban J connectivity index is 1.84. The van der Waals surface area contributed by atoms with Crippen LogP contribution in [0.5, 0.6) is 0 Å². The molecule has 0 spiro atoms. The molecule has 0 aliphatic carbocycles. The zero-order chi connectivity index (χ0) is 16.7. The third kappa shape index (κ3) is 5.75. The van der Waals surface area contributed by atoms with E-state index in [2.05, 4.69) is 10.6 Å². The molecule has 2 rings (SSSR count). The zero-order valence-corrected chi connectivity index (χ0v) is 13.7. The monoisotopic (exact) mass is 330 g/mol. The number of likely N-dealkylation sites (N-methyl/N-ethyl adjacent to an activating group) is 1. The molecule has 0 saturated heterocycles. The molecule has 120 valence electrons. The van der Waals surface area contributed by atoms with Gasteiger partial charge in [0.15, 0.2) is 0 Å². The minimum atomic E-state index is -0.0518. The van der Waals surface area contributed by atoms with Gasteiger partial charge in [-0.15, -0.1) is 0 Å². The number of hydrogen-bond acceptors (Lipinski definition) is 2. The molecule has 23 heavy (non-hydrogen) atoms. The fraction of sp³-hybridized carbons (Fsp3) is 0.222. The summed E-state index contributed by atoms with van der Waals surface area (Å²) in [4.78, 5) is 23.3. The van der Waals surface area contributed by atoms with Crippen molar-refractivity contribution in [3.8, 4) is 0 Å². The minimum Gasteiger partial charge on any atom is -0.359 e. The molecule has 0 saturated carbocycles. The van der Waals surface area contributed by atoms with Gasteiger partial charge in [-0.2, -0.15) is 0 Å². The molecule has 0 fully saturated rings. The number of rotatable bonds is 6. The fourth-order valence-corrected chi connectivity index (χ4v) is 2.37. The van der Waals surface area contributed by atoms with Crippen LogP contribution >= 0.6 is 11.6 Å². The summed E-state index contributed by atoms with van der Waals surface area (Å²) in [7, 11) is 1.61. The number of hydrogen-bond donors (Lipinski definition) is 2. The van der Waals surface area contributed by atoms with Gasteiger partial charge in [0.05, 0.1) is 6.42 Å². The third-order valence-electron chi connectivity index (χ3n) is 3.41. The van der Waals surface area contributed by atoms with Crippen LogP contribution in [0.15, 0.2) is 48.5 Å². The fourth-order valence-electron chi connectivity index (χ4n) is 2.15. The van der Waals surface area contributed by atoms with Crippen LogP contribution < -0.4 is 10.6 Å². The van der Waals surface area contributed by atoms with Crippen molar-refractivity contribution >= 4 is 29.1 Å². The highest BCUT2D eigenvalue weighted by molar-refractivity contribution is 6.30. The van der Waals surface area contributed by atoms with E-state index in [-0.39, 0.29) is 11.8 Å². The molecule has 0 aliphatic rings. The van der Waals surface area contributed by atoms with Gasteiger partial charge in [0, 0.05) is 24.2 Å². The molecule has 4 nitrogen and oxygen atoms in total. The smallest absolute Gasteiger partial charge is 0.224 e. The van der Waals surface area contributed by atoms with E-state index in [1.165, 1.54) is 0 Å². The van der Waals surface area contributed by atoms with Crippen molar-refractivity contribution in [2.24, 2.45) is 0 Å². The number of amides is 2. The maximum atomic E-state index is 12.0. The first-order chi connectivity index (χ1) is 11.1. The second kappa shape index (κ2) is 8.34. The number of carbonyl (C=O) groups excluding carboxylic acids is 2. The van der Waals surface area contributed by atoms with E-state index in [1.807, 2.05) is 36.4 Å². The number of benzene rings is 2. The Bertz CT molecular complexity index is 684. The van der Waals surface area contributed by atoms with Gasteiger partial charge < -0.3 is 10.6 Å². The van der Waals surface area contributed by atoms with Gasteiger partial charge >= 0.3 is 0 Å². The van der Waals surface area contributed by atoms with Crippen LogP contribution in [0.3, 0.4) is 0 Å². The standard InChI is InChI=1S/C18H19ClN2O2/c1-20-18(23)12-14-5-8-16(9-6-14)21-17(22)10-7-13-3-2-4-15(19)11-13/h2-6,8-9,11H,7,10,12H2,1H3,(H,20,23)(H,21,22). The van der Waals surface area contributed by atoms with E-state index in [0.29, 0.717) is 24.3 Å². The predicted molar refractivity (Wildman–Crippen MR) is 92.6 cm³/mol. The Morgan fingerprint density at radius 2 is 1.74 bits per heavy atom. The number of carbonyl (C=O) groups is 2. The molecule has 0 aromatic heterocycles. The summed E-state index contributed by atoms with van der Waals surface area (Å²) in [5.74, 6) is -0.0904. The molecule has 0 heterocycles. The maximum Gasteiger partial charge on any atom is 0.224 e. The van der Waals surface area contributed by atoms with E-state index in [1.54, 1.807) is 19.2 Å². The van der Waals surface area contributed by atoms with Crippen LogP contribution in [-0.2, 0) is 22.4 Å². The molecular formula is C18H19ClN2O2. The first-order valence-electron chi connectivity index (χ1n) is 7.40. The van der Waals surface area contributed by atoms with Crippen LogP contribution in [0.1, 0.15) is 17.5 Å². The van der Waals surface area contributed by atoms with Gasteiger partial charge in [-0.25, -0.2) is 0 Å². The number of nitrogens with one attached hydrogen (secondary N) is 2. The van der Waals surface area contributed by atoms with E-state index in [4.69, 9.17) is 11.6 Å². The zero-order valence-electron chi connectivity index (χ0n) is 12.9. The maximum absolute atomic E-state index is 12.0. The number of halogens is 1. The lowest BCUT2D eigenvalue weighted by molar-refractivity contribution is -0.120. The molecule has 2 aromatic rings. The Kier molecular flexibility index (Phi) is 6.18. The van der Waals surface area contributed by atoms with Crippen molar-refractivity contribution in [3.05, 3.63) is 64.7 Å². The largest absolute Gasteiger partial charge is 0.359 e. The first kappa shape index (κ1) is 17.0. The molecule has 2 aromatic carbocycles. The summed E-state index contributed by atoms with van der Waals surface area (Å²) in [5, 5.41) is 6.10. The van der Waals surface area contributed by atoms with Crippen molar-refractivity contribution in [3.63, 3.8) is 0 Å². The Morgan fingerprint density at radius 3 is 2.39 bits per heavy atom. The second-order valence-corrected chi connectivity index (χ2v) is 5.66. The molecule has 0 unspecified atom stereocenters. The van der Waals surface area contributed by atoms with Crippen molar-refractivity contribution < 1.29 is 9.59 Å². The molecule has 5 heteroatoms. The van der Waals surface area contributed by atoms with Crippen molar-refractivity contribution in [2.75, 3.05) is 12.4 Å². The third-order valence-corrected chi connectivity index (χ3v) is 3.65. The van der Waals surface area contributed by atoms with Gasteiger partial charge in [-0.1, -0.05) is 35.9 Å². The van der Waals surface area contributed by atoms with Crippen LogP contribution in [-0.4, -0.2) is 18.9 Å². The van der Waals surface area contributed by atoms with Gasteiger partial charge in [0.25, 0.3) is 0 Å². The Hall–Kier alpha value is -2.33. The lowest BCUT2D eigenvalue weighted by Gasteiger charge is -2.07. The summed E-state index contributed by atoms with van der Waals surface area (Å²) >= 11 is 5.92. The molecular weight excluding hydrogens is 312 g/mol. The normalized spacial score (nSPS) is 10.2. The Labute approximate surface area is 140 Å². The summed E-state index contributed by atoms with van der Waals surface area (Å²) in [6.07, 6.45) is 1.36. The summed E-state index contributed by atoms with van der Waals surface area (Å²) in [5.41, 5.74) is 2.66. The minimum absolute atomic E-state index is 0.0386. The lowest BCUT2D eigenvalue weighted by atomic mass is 10.1. The molecule has 0 atom stereocenters. The number of aryl methyl sites for hydroxylation is 1. The van der Waals surface area contributed by atoms with E-state index in [0.717, 1.165) is 16.8 Å². The molecule has 0 aliphatic heterocycles. The van der Waals surface area contributed by atoms with E-state index in [9.17, 15) is 9.59 Å². The molecule has 0 radical (unpaired) electrons. The average Bonchev–Trinajstić information content (AvgIpc) is 2.55. The Morgan fingerprint density at radius 1 is 1.00 bits per heavy atom. The van der Waals surface area contributed by atoms with Crippen molar-refractivity contribution in [2.45, 2.75) is 19.3 Å². The van der Waals surface area contributed by atoms with Crippen LogP contribution in [0.2, 0.25) is 5.02 Å². The number of anilines is 1. The SMILES string of the molecule is CNC(=O)Cc1ccc(NC(=O)CCc2cccc(Cl)c2)cc1. The first-order valence-corrected chi connectivity index (χ1v) is 7.78. The topological polar surface area (TPSA) is 58.2 Å². The van der Waals surface area contributed by atoms with E-state index < -0.39 is 0 Å². The van der Waals surface area contributed by atoms with Crippen LogP contribution in [0.25, 0.3) is 0 Å². The second-order valence-electron chi connectivity index (χ2n) is 5.22. The van der Waals surface area contributed by atoms with Gasteiger partial charge in [-0.3, -0.25) is 9.59 Å². The van der Waals surface area contributed by atoms with E-state index >= 15 is 0 Å². The highest BCUT2D eigenvalue weighted by atomic mass is 35.5. The van der Waals surface area contributed by atoms with Crippen molar-refractivity contribution in [1.29, 1.82) is 0 Å². The lowest BCUT2D eigenvalue weighted by Crippen LogP contribution is -2.19. The van der Waals surface area contributed by atoms with Crippen LogP contribution in [0, 0.1) is 0 Å². The van der Waals surface area contributed by atoms with Crippen molar-refractivity contribution in [1.82, 2.24) is 5.32 Å². The predicted octanol–water partition coefficient (Wildman–Crippen LogP) is 3.20. The van der Waals surface area contributed by atoms with Gasteiger partial charge in [0.1, 0.15) is 0 Å². The molecule has 0 bridgehead atoms. The highest BCUT2D eigenvalue weighted by Crippen LogP contribution is 2.14. The summed E-state index contributed by atoms with van der Waals surface area (Å²) < 4.78 is 0. The quantitative estimate of drug-likeness (QED) is 0.854. The molecule has 2 N–H and O–H groups in total. The average molecular weight is 331 g/mol. The highest BCUT2D eigenvalue weighted by Gasteiger charge is 2.05.